The summed E-state index contributed by atoms with van der Waals surface area (Å²) in [7, 11) is 0. The molecule has 0 radical (unpaired) electrons. The van der Waals surface area contributed by atoms with Crippen LogP contribution in [0.4, 0.5) is 5.69 Å². The second-order valence-corrected chi connectivity index (χ2v) is 6.19. The lowest BCUT2D eigenvalue weighted by Gasteiger charge is -2.24. The van der Waals surface area contributed by atoms with Gasteiger partial charge >= 0.3 is 0 Å². The molecule has 1 N–H and O–H groups in total. The number of nitrogens with zero attached hydrogens (tertiary/aromatic N) is 1. The van der Waals surface area contributed by atoms with E-state index in [4.69, 9.17) is 23.2 Å². The summed E-state index contributed by atoms with van der Waals surface area (Å²) in [4.78, 5) is 25.6. The van der Waals surface area contributed by atoms with Gasteiger partial charge in [0.25, 0.3) is 0 Å². The Labute approximate surface area is 151 Å². The van der Waals surface area contributed by atoms with E-state index >= 15 is 0 Å². The SMILES string of the molecule is CC(=O)N(CC(=O)NC(C)c1ccccc1)c1c(Cl)cccc1Cl. The normalized spacial score (nSPS) is 11.7. The Morgan fingerprint density at radius 1 is 1.04 bits per heavy atom. The van der Waals surface area contributed by atoms with Crippen molar-refractivity contribution >= 4 is 40.7 Å². The molecule has 0 aromatic heterocycles. The number of amides is 2. The average molecular weight is 365 g/mol. The number of para-hydroxylation sites is 1. The Balaban J connectivity index is 2.14. The molecule has 0 bridgehead atoms. The van der Waals surface area contributed by atoms with Crippen LogP contribution in [0.2, 0.25) is 10.0 Å². The van der Waals surface area contributed by atoms with Gasteiger partial charge in [0, 0.05) is 6.92 Å². The summed E-state index contributed by atoms with van der Waals surface area (Å²) >= 11 is 12.3. The van der Waals surface area contributed by atoms with Crippen molar-refractivity contribution in [1.82, 2.24) is 5.32 Å². The Morgan fingerprint density at radius 3 is 2.17 bits per heavy atom. The maximum Gasteiger partial charge on any atom is 0.240 e. The highest BCUT2D eigenvalue weighted by molar-refractivity contribution is 6.40. The van der Waals surface area contributed by atoms with E-state index in [9.17, 15) is 9.59 Å². The molecule has 0 spiro atoms. The molecule has 2 aromatic carbocycles. The van der Waals surface area contributed by atoms with Crippen molar-refractivity contribution in [1.29, 1.82) is 0 Å². The van der Waals surface area contributed by atoms with Gasteiger partial charge < -0.3 is 10.2 Å². The molecule has 0 aliphatic heterocycles. The summed E-state index contributed by atoms with van der Waals surface area (Å²) in [5.41, 5.74) is 1.33. The summed E-state index contributed by atoms with van der Waals surface area (Å²) < 4.78 is 0. The number of carbonyl (C=O) groups is 2. The lowest BCUT2D eigenvalue weighted by atomic mass is 10.1. The van der Waals surface area contributed by atoms with Gasteiger partial charge in [0.1, 0.15) is 6.54 Å². The summed E-state index contributed by atoms with van der Waals surface area (Å²) in [5.74, 6) is -0.606. The summed E-state index contributed by atoms with van der Waals surface area (Å²) in [6.45, 7) is 3.09. The molecule has 0 heterocycles. The summed E-state index contributed by atoms with van der Waals surface area (Å²) in [5, 5.41) is 3.51. The van der Waals surface area contributed by atoms with Gasteiger partial charge in [0.05, 0.1) is 21.8 Å². The maximum atomic E-state index is 12.3. The molecule has 0 aliphatic rings. The largest absolute Gasteiger partial charge is 0.348 e. The summed E-state index contributed by atoms with van der Waals surface area (Å²) in [6, 6.07) is 14.4. The molecule has 126 valence electrons. The molecular formula is C18H18Cl2N2O2. The Hall–Kier alpha value is -2.04. The van der Waals surface area contributed by atoms with Gasteiger partial charge in [0.2, 0.25) is 11.8 Å². The van der Waals surface area contributed by atoms with Crippen molar-refractivity contribution in [2.45, 2.75) is 19.9 Å². The van der Waals surface area contributed by atoms with E-state index in [2.05, 4.69) is 5.32 Å². The molecule has 2 rings (SSSR count). The number of hydrogen-bond donors (Lipinski definition) is 1. The number of rotatable bonds is 5. The predicted molar refractivity (Wildman–Crippen MR) is 97.5 cm³/mol. The predicted octanol–water partition coefficient (Wildman–Crippen LogP) is 4.22. The third-order valence-electron chi connectivity index (χ3n) is 3.57. The van der Waals surface area contributed by atoms with E-state index in [-0.39, 0.29) is 24.4 Å². The van der Waals surface area contributed by atoms with Crippen molar-refractivity contribution < 1.29 is 9.59 Å². The van der Waals surface area contributed by atoms with Crippen LogP contribution in [-0.2, 0) is 9.59 Å². The van der Waals surface area contributed by atoms with Gasteiger partial charge in [-0.1, -0.05) is 59.6 Å². The first kappa shape index (κ1) is 18.3. The van der Waals surface area contributed by atoms with Crippen LogP contribution in [0.25, 0.3) is 0 Å². The molecule has 2 amide bonds. The topological polar surface area (TPSA) is 49.4 Å². The quantitative estimate of drug-likeness (QED) is 0.862. The second-order valence-electron chi connectivity index (χ2n) is 5.38. The molecule has 0 aliphatic carbocycles. The number of anilines is 1. The third-order valence-corrected chi connectivity index (χ3v) is 4.18. The van der Waals surface area contributed by atoms with Crippen LogP contribution in [-0.4, -0.2) is 18.4 Å². The van der Waals surface area contributed by atoms with Crippen LogP contribution >= 0.6 is 23.2 Å². The van der Waals surface area contributed by atoms with Crippen molar-refractivity contribution in [3.05, 3.63) is 64.1 Å². The number of carbonyl (C=O) groups excluding carboxylic acids is 2. The molecule has 6 heteroatoms. The fourth-order valence-electron chi connectivity index (χ4n) is 2.35. The minimum absolute atomic E-state index is 0.157. The van der Waals surface area contributed by atoms with Crippen molar-refractivity contribution in [3.63, 3.8) is 0 Å². The number of hydrogen-bond acceptors (Lipinski definition) is 2. The standard InChI is InChI=1S/C18H18Cl2N2O2/c1-12(14-7-4-3-5-8-14)21-17(24)11-22(13(2)23)18-15(19)9-6-10-16(18)20/h3-10,12H,11H2,1-2H3,(H,21,24). The van der Waals surface area contributed by atoms with E-state index in [1.165, 1.54) is 11.8 Å². The molecule has 1 atom stereocenters. The van der Waals surface area contributed by atoms with Crippen LogP contribution < -0.4 is 10.2 Å². The van der Waals surface area contributed by atoms with Crippen LogP contribution in [0, 0.1) is 0 Å². The van der Waals surface area contributed by atoms with Crippen LogP contribution in [0.1, 0.15) is 25.5 Å². The monoisotopic (exact) mass is 364 g/mol. The Bertz CT molecular complexity index is 715. The highest BCUT2D eigenvalue weighted by atomic mass is 35.5. The zero-order valence-corrected chi connectivity index (χ0v) is 14.9. The van der Waals surface area contributed by atoms with Crippen molar-refractivity contribution in [2.24, 2.45) is 0 Å². The van der Waals surface area contributed by atoms with Crippen molar-refractivity contribution in [3.8, 4) is 0 Å². The van der Waals surface area contributed by atoms with E-state index in [0.717, 1.165) is 5.56 Å². The van der Waals surface area contributed by atoms with Crippen molar-refractivity contribution in [2.75, 3.05) is 11.4 Å². The zero-order chi connectivity index (χ0) is 17.7. The number of nitrogens with one attached hydrogen (secondary N) is 1. The highest BCUT2D eigenvalue weighted by Crippen LogP contribution is 2.33. The van der Waals surface area contributed by atoms with E-state index in [0.29, 0.717) is 15.7 Å². The maximum absolute atomic E-state index is 12.3. The first-order chi connectivity index (χ1) is 11.4. The Kier molecular flexibility index (Phi) is 6.23. The summed E-state index contributed by atoms with van der Waals surface area (Å²) in [6.07, 6.45) is 0. The fourth-order valence-corrected chi connectivity index (χ4v) is 2.95. The van der Waals surface area contributed by atoms with E-state index in [1.54, 1.807) is 18.2 Å². The number of halogens is 2. The molecule has 4 nitrogen and oxygen atoms in total. The molecule has 0 fully saturated rings. The molecule has 2 aromatic rings. The fraction of sp³-hybridized carbons (Fsp3) is 0.222. The lowest BCUT2D eigenvalue weighted by molar-refractivity contribution is -0.123. The van der Waals surface area contributed by atoms with E-state index in [1.807, 2.05) is 37.3 Å². The first-order valence-electron chi connectivity index (χ1n) is 7.46. The van der Waals surface area contributed by atoms with Crippen LogP contribution in [0.5, 0.6) is 0 Å². The minimum Gasteiger partial charge on any atom is -0.348 e. The van der Waals surface area contributed by atoms with Gasteiger partial charge in [-0.2, -0.15) is 0 Å². The first-order valence-corrected chi connectivity index (χ1v) is 8.22. The molecule has 0 saturated carbocycles. The van der Waals surface area contributed by atoms with Gasteiger partial charge in [0.15, 0.2) is 0 Å². The van der Waals surface area contributed by atoms with Gasteiger partial charge in [-0.3, -0.25) is 9.59 Å². The second kappa shape index (κ2) is 8.18. The molecule has 0 saturated heterocycles. The van der Waals surface area contributed by atoms with Gasteiger partial charge in [-0.25, -0.2) is 0 Å². The minimum atomic E-state index is -0.312. The van der Waals surface area contributed by atoms with Crippen LogP contribution in [0.15, 0.2) is 48.5 Å². The number of benzene rings is 2. The van der Waals surface area contributed by atoms with Gasteiger partial charge in [-0.15, -0.1) is 0 Å². The average Bonchev–Trinajstić information content (AvgIpc) is 2.54. The van der Waals surface area contributed by atoms with E-state index < -0.39 is 0 Å². The highest BCUT2D eigenvalue weighted by Gasteiger charge is 2.21. The molecular weight excluding hydrogens is 347 g/mol. The molecule has 24 heavy (non-hydrogen) atoms. The lowest BCUT2D eigenvalue weighted by Crippen LogP contribution is -2.41. The zero-order valence-electron chi connectivity index (χ0n) is 13.4. The smallest absolute Gasteiger partial charge is 0.240 e. The Morgan fingerprint density at radius 2 is 1.62 bits per heavy atom. The van der Waals surface area contributed by atoms with Gasteiger partial charge in [-0.05, 0) is 24.6 Å². The van der Waals surface area contributed by atoms with Crippen LogP contribution in [0.3, 0.4) is 0 Å². The molecule has 1 unspecified atom stereocenters. The third kappa shape index (κ3) is 4.49.